The Balaban J connectivity index is 1.81. The lowest BCUT2D eigenvalue weighted by Crippen LogP contribution is -2.04. The number of benzene rings is 2. The third-order valence-corrected chi connectivity index (χ3v) is 3.77. The summed E-state index contributed by atoms with van der Waals surface area (Å²) in [5.74, 6) is 0.695. The van der Waals surface area contributed by atoms with Gasteiger partial charge in [-0.3, -0.25) is 0 Å². The van der Waals surface area contributed by atoms with Gasteiger partial charge in [-0.05, 0) is 24.8 Å². The maximum absolute atomic E-state index is 5.78. The van der Waals surface area contributed by atoms with Gasteiger partial charge in [-0.1, -0.05) is 48.5 Å². The zero-order chi connectivity index (χ0) is 14.1. The van der Waals surface area contributed by atoms with E-state index in [-0.39, 0.29) is 0 Å². The first-order valence-corrected chi connectivity index (χ1v) is 7.35. The van der Waals surface area contributed by atoms with Crippen LogP contribution in [0.25, 0.3) is 22.2 Å². The van der Waals surface area contributed by atoms with Crippen LogP contribution < -0.4 is 4.74 Å². The lowest BCUT2D eigenvalue weighted by Gasteiger charge is -2.09. The monoisotopic (exact) mass is 276 g/mol. The van der Waals surface area contributed by atoms with E-state index in [2.05, 4.69) is 28.2 Å². The summed E-state index contributed by atoms with van der Waals surface area (Å²) in [5.41, 5.74) is 2.96. The number of fused-ring (bicyclic) bond motifs is 1. The normalized spacial score (nSPS) is 14.3. The van der Waals surface area contributed by atoms with Crippen LogP contribution in [0.4, 0.5) is 0 Å². The Hall–Kier alpha value is -2.42. The van der Waals surface area contributed by atoms with Crippen LogP contribution in [0.15, 0.2) is 54.6 Å². The van der Waals surface area contributed by atoms with Crippen molar-refractivity contribution in [1.82, 2.24) is 9.97 Å². The molecule has 4 rings (SSSR count). The molecule has 1 heterocycles. The molecule has 1 saturated carbocycles. The molecule has 3 nitrogen and oxygen atoms in total. The molecule has 0 radical (unpaired) electrons. The molecule has 1 fully saturated rings. The minimum Gasteiger partial charge on any atom is -0.463 e. The molecule has 0 bridgehead atoms. The summed E-state index contributed by atoms with van der Waals surface area (Å²) in [6.07, 6.45) is 2.53. The second-order valence-electron chi connectivity index (χ2n) is 5.49. The standard InChI is InChI=1S/C18H16N2O/c1-2-6-14(7-3-1)17-15-8-4-5-9-16(15)19-18(20-17)21-12-13-10-11-13/h1-9,13H,10-12H2. The predicted octanol–water partition coefficient (Wildman–Crippen LogP) is 4.09. The molecule has 1 aliphatic carbocycles. The molecule has 0 unspecified atom stereocenters. The second-order valence-corrected chi connectivity index (χ2v) is 5.49. The van der Waals surface area contributed by atoms with Crippen molar-refractivity contribution < 1.29 is 4.74 Å². The summed E-state index contributed by atoms with van der Waals surface area (Å²) in [6.45, 7) is 0.729. The Kier molecular flexibility index (Phi) is 3.03. The first-order valence-electron chi connectivity index (χ1n) is 7.35. The number of hydrogen-bond acceptors (Lipinski definition) is 3. The lowest BCUT2D eigenvalue weighted by atomic mass is 10.1. The maximum Gasteiger partial charge on any atom is 0.317 e. The molecule has 0 aliphatic heterocycles. The predicted molar refractivity (Wildman–Crippen MR) is 83.2 cm³/mol. The first kappa shape index (κ1) is 12.3. The van der Waals surface area contributed by atoms with Crippen LogP contribution >= 0.6 is 0 Å². The zero-order valence-electron chi connectivity index (χ0n) is 11.7. The van der Waals surface area contributed by atoms with E-state index in [1.807, 2.05) is 36.4 Å². The van der Waals surface area contributed by atoms with E-state index in [1.54, 1.807) is 0 Å². The van der Waals surface area contributed by atoms with Crippen LogP contribution in [-0.2, 0) is 0 Å². The molecule has 104 valence electrons. The highest BCUT2D eigenvalue weighted by Gasteiger charge is 2.22. The van der Waals surface area contributed by atoms with Gasteiger partial charge in [0, 0.05) is 10.9 Å². The summed E-state index contributed by atoms with van der Waals surface area (Å²) in [5, 5.41) is 1.06. The molecule has 0 saturated heterocycles. The molecule has 0 N–H and O–H groups in total. The topological polar surface area (TPSA) is 35.0 Å². The molecule has 3 aromatic rings. The van der Waals surface area contributed by atoms with Crippen LogP contribution in [0, 0.1) is 5.92 Å². The SMILES string of the molecule is c1ccc(-c2nc(OCC3CC3)nc3ccccc23)cc1. The van der Waals surface area contributed by atoms with Crippen molar-refractivity contribution in [3.63, 3.8) is 0 Å². The van der Waals surface area contributed by atoms with Gasteiger partial charge in [0.15, 0.2) is 0 Å². The van der Waals surface area contributed by atoms with Crippen molar-refractivity contribution in [2.75, 3.05) is 6.61 Å². The van der Waals surface area contributed by atoms with Crippen molar-refractivity contribution in [3.05, 3.63) is 54.6 Å². The number of ether oxygens (including phenoxy) is 1. The van der Waals surface area contributed by atoms with E-state index in [9.17, 15) is 0 Å². The highest BCUT2D eigenvalue weighted by molar-refractivity contribution is 5.92. The van der Waals surface area contributed by atoms with Gasteiger partial charge in [0.25, 0.3) is 0 Å². The summed E-state index contributed by atoms with van der Waals surface area (Å²) in [6, 6.07) is 18.8. The van der Waals surface area contributed by atoms with Gasteiger partial charge in [0.1, 0.15) is 0 Å². The van der Waals surface area contributed by atoms with Gasteiger partial charge in [-0.15, -0.1) is 0 Å². The number of aromatic nitrogens is 2. The van der Waals surface area contributed by atoms with Crippen LogP contribution in [0.2, 0.25) is 0 Å². The second kappa shape index (κ2) is 5.17. The van der Waals surface area contributed by atoms with Crippen molar-refractivity contribution >= 4 is 10.9 Å². The molecule has 0 spiro atoms. The van der Waals surface area contributed by atoms with E-state index in [0.717, 1.165) is 28.8 Å². The fourth-order valence-corrected chi connectivity index (χ4v) is 2.41. The minimum atomic E-state index is 0.486. The van der Waals surface area contributed by atoms with E-state index in [0.29, 0.717) is 11.9 Å². The average Bonchev–Trinajstić information content (AvgIpc) is 3.37. The average molecular weight is 276 g/mol. The fourth-order valence-electron chi connectivity index (χ4n) is 2.41. The van der Waals surface area contributed by atoms with Gasteiger partial charge in [-0.25, -0.2) is 0 Å². The Labute approximate surface area is 123 Å². The van der Waals surface area contributed by atoms with Crippen molar-refractivity contribution in [3.8, 4) is 17.3 Å². The maximum atomic E-state index is 5.78. The lowest BCUT2D eigenvalue weighted by molar-refractivity contribution is 0.278. The Bertz CT molecular complexity index is 767. The Morgan fingerprint density at radius 3 is 2.48 bits per heavy atom. The molecule has 21 heavy (non-hydrogen) atoms. The van der Waals surface area contributed by atoms with E-state index < -0.39 is 0 Å². The summed E-state index contributed by atoms with van der Waals surface area (Å²) in [4.78, 5) is 9.17. The number of rotatable bonds is 4. The van der Waals surface area contributed by atoms with Crippen molar-refractivity contribution in [2.24, 2.45) is 5.92 Å². The quantitative estimate of drug-likeness (QED) is 0.720. The van der Waals surface area contributed by atoms with Gasteiger partial charge in [0.2, 0.25) is 0 Å². The minimum absolute atomic E-state index is 0.486. The Morgan fingerprint density at radius 2 is 1.67 bits per heavy atom. The molecule has 2 aromatic carbocycles. The highest BCUT2D eigenvalue weighted by Crippen LogP contribution is 2.31. The summed E-state index contributed by atoms with van der Waals surface area (Å²) >= 11 is 0. The first-order chi connectivity index (χ1) is 10.4. The fraction of sp³-hybridized carbons (Fsp3) is 0.222. The van der Waals surface area contributed by atoms with Crippen LogP contribution in [0.1, 0.15) is 12.8 Å². The highest BCUT2D eigenvalue weighted by atomic mass is 16.5. The van der Waals surface area contributed by atoms with E-state index in [4.69, 9.17) is 4.74 Å². The van der Waals surface area contributed by atoms with Crippen LogP contribution in [-0.4, -0.2) is 16.6 Å². The molecular weight excluding hydrogens is 260 g/mol. The van der Waals surface area contributed by atoms with Gasteiger partial charge in [0.05, 0.1) is 17.8 Å². The third kappa shape index (κ3) is 2.59. The Morgan fingerprint density at radius 1 is 0.905 bits per heavy atom. The molecule has 0 atom stereocenters. The zero-order valence-corrected chi connectivity index (χ0v) is 11.7. The summed E-state index contributed by atoms with van der Waals surface area (Å²) in [7, 11) is 0. The van der Waals surface area contributed by atoms with Gasteiger partial charge >= 0.3 is 6.01 Å². The number of nitrogens with zero attached hydrogens (tertiary/aromatic N) is 2. The molecule has 3 heteroatoms. The van der Waals surface area contributed by atoms with Crippen molar-refractivity contribution in [1.29, 1.82) is 0 Å². The van der Waals surface area contributed by atoms with Crippen LogP contribution in [0.3, 0.4) is 0 Å². The molecule has 1 aromatic heterocycles. The van der Waals surface area contributed by atoms with Crippen LogP contribution in [0.5, 0.6) is 6.01 Å². The smallest absolute Gasteiger partial charge is 0.317 e. The van der Waals surface area contributed by atoms with E-state index >= 15 is 0 Å². The number of hydrogen-bond donors (Lipinski definition) is 0. The molecule has 0 amide bonds. The molecular formula is C18H16N2O. The van der Waals surface area contributed by atoms with Gasteiger partial charge < -0.3 is 4.74 Å². The van der Waals surface area contributed by atoms with Gasteiger partial charge in [-0.2, -0.15) is 9.97 Å². The summed E-state index contributed by atoms with van der Waals surface area (Å²) < 4.78 is 5.78. The number of para-hydroxylation sites is 1. The largest absolute Gasteiger partial charge is 0.463 e. The third-order valence-electron chi connectivity index (χ3n) is 3.77. The van der Waals surface area contributed by atoms with Crippen molar-refractivity contribution in [2.45, 2.75) is 12.8 Å². The molecule has 1 aliphatic rings. The van der Waals surface area contributed by atoms with E-state index in [1.165, 1.54) is 12.8 Å².